The summed E-state index contributed by atoms with van der Waals surface area (Å²) in [6.45, 7) is 1.99. The van der Waals surface area contributed by atoms with Crippen molar-refractivity contribution in [1.82, 2.24) is 0 Å². The molecule has 3 aromatic rings. The van der Waals surface area contributed by atoms with Gasteiger partial charge in [0.15, 0.2) is 0 Å². The second-order valence-corrected chi connectivity index (χ2v) is 9.77. The van der Waals surface area contributed by atoms with Gasteiger partial charge in [0.25, 0.3) is 5.91 Å². The standard InChI is InChI=1S/C26H19Cl2N3O2S/c1-16-3-2-4-17(13-16)14-23-25(33)31(21-11-7-19(28)8-12-21)26(34-23)22(15-29)24(32)30-20-9-5-18(27)6-10-20/h2-13,23H,14H2,1H3,(H,30,32)/b26-22-/t23-/m1/s1. The van der Waals surface area contributed by atoms with Gasteiger partial charge < -0.3 is 5.32 Å². The average Bonchev–Trinajstić information content (AvgIpc) is 3.12. The van der Waals surface area contributed by atoms with Crippen molar-refractivity contribution in [1.29, 1.82) is 5.26 Å². The fourth-order valence-electron chi connectivity index (χ4n) is 3.59. The van der Waals surface area contributed by atoms with Crippen LogP contribution in [0.15, 0.2) is 83.4 Å². The van der Waals surface area contributed by atoms with Crippen LogP contribution in [0.2, 0.25) is 10.0 Å². The van der Waals surface area contributed by atoms with Gasteiger partial charge in [0.1, 0.15) is 16.7 Å². The molecule has 2 amide bonds. The van der Waals surface area contributed by atoms with Crippen molar-refractivity contribution in [3.8, 4) is 6.07 Å². The first-order valence-corrected chi connectivity index (χ1v) is 12.0. The maximum atomic E-state index is 13.5. The number of hydrogen-bond donors (Lipinski definition) is 1. The topological polar surface area (TPSA) is 73.2 Å². The van der Waals surface area contributed by atoms with Gasteiger partial charge in [0.05, 0.1) is 5.25 Å². The van der Waals surface area contributed by atoms with Crippen LogP contribution in [0.4, 0.5) is 11.4 Å². The van der Waals surface area contributed by atoms with Crippen LogP contribution in [0, 0.1) is 18.3 Å². The van der Waals surface area contributed by atoms with E-state index < -0.39 is 11.2 Å². The van der Waals surface area contributed by atoms with Crippen LogP contribution in [0.25, 0.3) is 0 Å². The number of rotatable bonds is 5. The predicted molar refractivity (Wildman–Crippen MR) is 138 cm³/mol. The Morgan fingerprint density at radius 1 is 1.06 bits per heavy atom. The van der Waals surface area contributed by atoms with Gasteiger partial charge in [-0.25, -0.2) is 0 Å². The van der Waals surface area contributed by atoms with Gasteiger partial charge in [-0.3, -0.25) is 14.5 Å². The molecule has 1 aliphatic rings. The number of benzene rings is 3. The number of halogens is 2. The van der Waals surface area contributed by atoms with Crippen molar-refractivity contribution in [2.45, 2.75) is 18.6 Å². The molecule has 170 valence electrons. The molecule has 1 heterocycles. The fraction of sp³-hybridized carbons (Fsp3) is 0.115. The van der Waals surface area contributed by atoms with E-state index in [9.17, 15) is 14.9 Å². The third-order valence-corrected chi connectivity index (χ3v) is 6.96. The van der Waals surface area contributed by atoms with Crippen LogP contribution in [0.1, 0.15) is 11.1 Å². The van der Waals surface area contributed by atoms with E-state index in [1.54, 1.807) is 48.5 Å². The first kappa shape index (κ1) is 23.9. The SMILES string of the molecule is Cc1cccc(C[C@H]2S/C(=C(/C#N)C(=O)Nc3ccc(Cl)cc3)N(c3ccc(Cl)cc3)C2=O)c1. The van der Waals surface area contributed by atoms with Gasteiger partial charge in [0, 0.05) is 21.4 Å². The van der Waals surface area contributed by atoms with E-state index in [-0.39, 0.29) is 11.5 Å². The number of nitrogens with one attached hydrogen (secondary N) is 1. The molecular weight excluding hydrogens is 489 g/mol. The minimum atomic E-state index is -0.602. The second-order valence-electron chi connectivity index (χ2n) is 7.70. The van der Waals surface area contributed by atoms with Gasteiger partial charge in [-0.05, 0) is 67.4 Å². The van der Waals surface area contributed by atoms with Crippen LogP contribution in [-0.4, -0.2) is 17.1 Å². The van der Waals surface area contributed by atoms with Gasteiger partial charge in [-0.15, -0.1) is 0 Å². The van der Waals surface area contributed by atoms with Crippen molar-refractivity contribution < 1.29 is 9.59 Å². The number of nitriles is 1. The van der Waals surface area contributed by atoms with Crippen molar-refractivity contribution >= 4 is 58.2 Å². The molecule has 1 fully saturated rings. The van der Waals surface area contributed by atoms with E-state index in [2.05, 4.69) is 5.32 Å². The van der Waals surface area contributed by atoms with Crippen LogP contribution in [-0.2, 0) is 16.0 Å². The third-order valence-electron chi connectivity index (χ3n) is 5.20. The number of hydrogen-bond acceptors (Lipinski definition) is 4. The molecule has 0 unspecified atom stereocenters. The zero-order chi connectivity index (χ0) is 24.2. The molecule has 0 aromatic heterocycles. The highest BCUT2D eigenvalue weighted by atomic mass is 35.5. The Balaban J connectivity index is 1.72. The summed E-state index contributed by atoms with van der Waals surface area (Å²) < 4.78 is 0. The van der Waals surface area contributed by atoms with E-state index in [1.165, 1.54) is 16.7 Å². The molecule has 0 spiro atoms. The molecule has 5 nitrogen and oxygen atoms in total. The summed E-state index contributed by atoms with van der Waals surface area (Å²) in [4.78, 5) is 28.0. The van der Waals surface area contributed by atoms with E-state index >= 15 is 0 Å². The van der Waals surface area contributed by atoms with Crippen LogP contribution in [0.3, 0.4) is 0 Å². The highest BCUT2D eigenvalue weighted by molar-refractivity contribution is 8.05. The summed E-state index contributed by atoms with van der Waals surface area (Å²) in [5.74, 6) is -0.800. The number of nitrogens with zero attached hydrogens (tertiary/aromatic N) is 2. The molecule has 0 radical (unpaired) electrons. The lowest BCUT2D eigenvalue weighted by Gasteiger charge is -2.19. The Kier molecular flexibility index (Phi) is 7.28. The summed E-state index contributed by atoms with van der Waals surface area (Å²) in [5, 5.41) is 13.5. The lowest BCUT2D eigenvalue weighted by Crippen LogP contribution is -2.30. The molecule has 8 heteroatoms. The summed E-state index contributed by atoms with van der Waals surface area (Å²) in [6, 6.07) is 23.2. The highest BCUT2D eigenvalue weighted by Crippen LogP contribution is 2.42. The molecule has 0 saturated carbocycles. The van der Waals surface area contributed by atoms with Gasteiger partial charge in [-0.2, -0.15) is 5.26 Å². The zero-order valence-electron chi connectivity index (χ0n) is 18.1. The monoisotopic (exact) mass is 507 g/mol. The average molecular weight is 508 g/mol. The summed E-state index contributed by atoms with van der Waals surface area (Å²) >= 11 is 13.2. The second kappa shape index (κ2) is 10.4. The fourth-order valence-corrected chi connectivity index (χ4v) is 5.15. The number of thioether (sulfide) groups is 1. The largest absolute Gasteiger partial charge is 0.321 e. The molecule has 34 heavy (non-hydrogen) atoms. The molecule has 3 aromatic carbocycles. The molecule has 0 aliphatic carbocycles. The van der Waals surface area contributed by atoms with Crippen LogP contribution < -0.4 is 10.2 Å². The van der Waals surface area contributed by atoms with Gasteiger partial charge >= 0.3 is 0 Å². The first-order chi connectivity index (χ1) is 16.4. The number of anilines is 2. The molecule has 1 N–H and O–H groups in total. The Morgan fingerprint density at radius 3 is 2.32 bits per heavy atom. The lowest BCUT2D eigenvalue weighted by atomic mass is 10.1. The molecule has 1 saturated heterocycles. The third kappa shape index (κ3) is 5.28. The number of carbonyl (C=O) groups excluding carboxylic acids is 2. The van der Waals surface area contributed by atoms with Crippen LogP contribution >= 0.6 is 35.0 Å². The Hall–Kier alpha value is -3.24. The Bertz CT molecular complexity index is 1320. The number of aryl methyl sites for hydroxylation is 1. The van der Waals surface area contributed by atoms with E-state index in [0.29, 0.717) is 32.9 Å². The smallest absolute Gasteiger partial charge is 0.269 e. The summed E-state index contributed by atoms with van der Waals surface area (Å²) in [7, 11) is 0. The predicted octanol–water partition coefficient (Wildman–Crippen LogP) is 6.37. The first-order valence-electron chi connectivity index (χ1n) is 10.4. The minimum absolute atomic E-state index is 0.144. The molecule has 1 aliphatic heterocycles. The Morgan fingerprint density at radius 2 is 1.71 bits per heavy atom. The molecule has 0 bridgehead atoms. The van der Waals surface area contributed by atoms with Gasteiger partial charge in [0.2, 0.25) is 5.91 Å². The van der Waals surface area contributed by atoms with Crippen molar-refractivity contribution in [3.05, 3.63) is 105 Å². The van der Waals surface area contributed by atoms with E-state index in [4.69, 9.17) is 23.2 Å². The van der Waals surface area contributed by atoms with Crippen molar-refractivity contribution in [2.75, 3.05) is 10.2 Å². The summed E-state index contributed by atoms with van der Waals surface area (Å²) in [5.41, 5.74) is 2.99. The molecule has 4 rings (SSSR count). The lowest BCUT2D eigenvalue weighted by molar-refractivity contribution is -0.117. The van der Waals surface area contributed by atoms with Gasteiger partial charge in [-0.1, -0.05) is 64.8 Å². The van der Waals surface area contributed by atoms with E-state index in [1.807, 2.05) is 37.3 Å². The quantitative estimate of drug-likeness (QED) is 0.321. The Labute approximate surface area is 212 Å². The maximum absolute atomic E-state index is 13.5. The van der Waals surface area contributed by atoms with Crippen LogP contribution in [0.5, 0.6) is 0 Å². The zero-order valence-corrected chi connectivity index (χ0v) is 20.4. The van der Waals surface area contributed by atoms with Crippen molar-refractivity contribution in [2.24, 2.45) is 0 Å². The minimum Gasteiger partial charge on any atom is -0.321 e. The highest BCUT2D eigenvalue weighted by Gasteiger charge is 2.40. The summed E-state index contributed by atoms with van der Waals surface area (Å²) in [6.07, 6.45) is 0.469. The molecule has 1 atom stereocenters. The van der Waals surface area contributed by atoms with Crippen molar-refractivity contribution in [3.63, 3.8) is 0 Å². The molecular formula is C26H19Cl2N3O2S. The number of carbonyl (C=O) groups is 2. The maximum Gasteiger partial charge on any atom is 0.269 e. The number of amides is 2. The van der Waals surface area contributed by atoms with E-state index in [0.717, 1.165) is 11.1 Å². The normalized spacial score (nSPS) is 16.8.